The van der Waals surface area contributed by atoms with E-state index >= 15 is 0 Å². The van der Waals surface area contributed by atoms with Crippen LogP contribution in [0.4, 0.5) is 13.2 Å². The molecule has 1 saturated heterocycles. The number of rotatable bonds is 5. The third-order valence-corrected chi connectivity index (χ3v) is 8.17. The van der Waals surface area contributed by atoms with E-state index < -0.39 is 36.1 Å². The van der Waals surface area contributed by atoms with Crippen LogP contribution in [0.5, 0.6) is 0 Å². The van der Waals surface area contributed by atoms with Gasteiger partial charge in [-0.25, -0.2) is 4.98 Å². The first kappa shape index (κ1) is 27.0. The maximum atomic E-state index is 12.7. The number of likely N-dealkylation sites (tertiary alicyclic amines) is 1. The number of benzene rings is 1. The van der Waals surface area contributed by atoms with Crippen molar-refractivity contribution in [2.45, 2.75) is 44.0 Å². The smallest absolute Gasteiger partial charge is 0.387 e. The summed E-state index contributed by atoms with van der Waals surface area (Å²) in [4.78, 5) is 36.1. The number of amides is 1. The summed E-state index contributed by atoms with van der Waals surface area (Å²) in [5, 5.41) is 8.16. The van der Waals surface area contributed by atoms with E-state index in [4.69, 9.17) is 44.6 Å². The lowest BCUT2D eigenvalue weighted by Gasteiger charge is -2.31. The van der Waals surface area contributed by atoms with Crippen LogP contribution in [0.15, 0.2) is 38.1 Å². The maximum absolute atomic E-state index is 12.7. The molecule has 2 aliphatic rings. The molecule has 0 saturated carbocycles. The Morgan fingerprint density at radius 3 is 2.45 bits per heavy atom. The number of oxime groups is 1. The van der Waals surface area contributed by atoms with E-state index in [2.05, 4.69) is 9.68 Å². The summed E-state index contributed by atoms with van der Waals surface area (Å²) < 4.78 is 43.2. The van der Waals surface area contributed by atoms with Gasteiger partial charge >= 0.3 is 6.18 Å². The molecule has 1 atom stereocenters. The highest BCUT2D eigenvalue weighted by molar-refractivity contribution is 7.10. The van der Waals surface area contributed by atoms with Crippen LogP contribution in [0.1, 0.15) is 53.3 Å². The lowest BCUT2D eigenvalue weighted by Crippen LogP contribution is -2.40. The van der Waals surface area contributed by atoms with E-state index in [1.807, 2.05) is 5.38 Å². The number of hydrogen-bond donors (Lipinski definition) is 0. The van der Waals surface area contributed by atoms with Crippen LogP contribution in [0.2, 0.25) is 15.1 Å². The molecule has 15 heteroatoms. The average Bonchev–Trinajstić information content (AvgIpc) is 3.59. The molecule has 202 valence electrons. The van der Waals surface area contributed by atoms with Crippen LogP contribution in [0.25, 0.3) is 0 Å². The topological polar surface area (TPSA) is 89.9 Å². The van der Waals surface area contributed by atoms with Crippen molar-refractivity contribution in [3.05, 3.63) is 71.0 Å². The molecule has 0 N–H and O–H groups in total. The van der Waals surface area contributed by atoms with E-state index in [1.54, 1.807) is 12.1 Å². The Morgan fingerprint density at radius 2 is 1.82 bits per heavy atom. The first-order valence-corrected chi connectivity index (χ1v) is 13.4. The van der Waals surface area contributed by atoms with E-state index in [9.17, 15) is 22.8 Å². The molecule has 2 aliphatic heterocycles. The van der Waals surface area contributed by atoms with E-state index in [-0.39, 0.29) is 5.92 Å². The first-order valence-electron chi connectivity index (χ1n) is 11.4. The molecule has 0 spiro atoms. The highest BCUT2D eigenvalue weighted by atomic mass is 35.5. The highest BCUT2D eigenvalue weighted by Crippen LogP contribution is 2.40. The summed E-state index contributed by atoms with van der Waals surface area (Å²) in [5.41, 5.74) is 0.937. The number of hydrogen-bond acceptors (Lipinski definition) is 7. The zero-order valence-corrected chi connectivity index (χ0v) is 22.4. The number of carbonyl (C=O) groups is 1. The van der Waals surface area contributed by atoms with E-state index in [1.165, 1.54) is 16.2 Å². The second kappa shape index (κ2) is 10.6. The second-order valence-electron chi connectivity index (χ2n) is 8.82. The molecule has 4 heterocycles. The van der Waals surface area contributed by atoms with Crippen molar-refractivity contribution in [3.8, 4) is 0 Å². The van der Waals surface area contributed by atoms with Crippen LogP contribution in [0.3, 0.4) is 0 Å². The minimum absolute atomic E-state index is 0.0971. The Kier molecular flexibility index (Phi) is 7.51. The van der Waals surface area contributed by atoms with Gasteiger partial charge in [-0.2, -0.15) is 17.9 Å². The molecule has 2 aromatic heterocycles. The molecule has 0 radical (unpaired) electrons. The first-order chi connectivity index (χ1) is 18.0. The Balaban J connectivity index is 1.17. The Labute approximate surface area is 232 Å². The minimum Gasteiger partial charge on any atom is -0.387 e. The molecule has 0 aliphatic carbocycles. The third kappa shape index (κ3) is 5.58. The van der Waals surface area contributed by atoms with Crippen molar-refractivity contribution in [3.63, 3.8) is 0 Å². The highest BCUT2D eigenvalue weighted by Gasteiger charge is 2.37. The van der Waals surface area contributed by atoms with Crippen molar-refractivity contribution in [1.82, 2.24) is 14.6 Å². The van der Waals surface area contributed by atoms with Crippen LogP contribution in [-0.4, -0.2) is 39.3 Å². The van der Waals surface area contributed by atoms with Crippen molar-refractivity contribution < 1.29 is 27.3 Å². The van der Waals surface area contributed by atoms with Gasteiger partial charge in [-0.15, -0.1) is 11.3 Å². The maximum Gasteiger partial charge on any atom is 0.452 e. The second-order valence-corrected chi connectivity index (χ2v) is 11.0. The molecular weight excluding hydrogens is 592 g/mol. The molecule has 38 heavy (non-hydrogen) atoms. The quantitative estimate of drug-likeness (QED) is 0.346. The minimum atomic E-state index is -4.80. The normalized spacial score (nSPS) is 18.5. The number of alkyl halides is 3. The van der Waals surface area contributed by atoms with Gasteiger partial charge in [-0.1, -0.05) is 40.0 Å². The van der Waals surface area contributed by atoms with Crippen molar-refractivity contribution in [2.75, 3.05) is 13.1 Å². The zero-order valence-electron chi connectivity index (χ0n) is 19.3. The predicted octanol–water partition coefficient (Wildman–Crippen LogP) is 6.15. The number of halogens is 6. The van der Waals surface area contributed by atoms with Gasteiger partial charge in [0.25, 0.3) is 5.56 Å². The van der Waals surface area contributed by atoms with Gasteiger partial charge in [-0.3, -0.25) is 9.59 Å². The Bertz CT molecular complexity index is 1440. The van der Waals surface area contributed by atoms with Gasteiger partial charge in [0.2, 0.25) is 11.7 Å². The van der Waals surface area contributed by atoms with Gasteiger partial charge in [-0.05, 0) is 25.0 Å². The average molecular weight is 610 g/mol. The summed E-state index contributed by atoms with van der Waals surface area (Å²) in [6, 6.07) is 3.52. The van der Waals surface area contributed by atoms with Gasteiger partial charge in [0.1, 0.15) is 12.3 Å². The number of thiazole rings is 1. The standard InChI is InChI=1S/C23H18Cl3F3N4O4S/c24-12-5-13(25)21(14(26)6-12)17-7-15(31-36-17)16-10-38-22(30-16)11-1-3-32(4-2-11)20(35)9-33-19(34)8-18(37-33)23(27,28)29/h5-6,8,10-11,17H,1-4,7,9H2/t17-/m0/s1. The molecule has 0 unspecified atom stereocenters. The molecule has 0 bridgehead atoms. The van der Waals surface area contributed by atoms with Crippen molar-refractivity contribution in [1.29, 1.82) is 0 Å². The summed E-state index contributed by atoms with van der Waals surface area (Å²) >= 11 is 20.1. The van der Waals surface area contributed by atoms with Gasteiger partial charge in [0.15, 0.2) is 6.10 Å². The van der Waals surface area contributed by atoms with Crippen LogP contribution in [0, 0.1) is 0 Å². The summed E-state index contributed by atoms with van der Waals surface area (Å²) in [7, 11) is 0. The fourth-order valence-electron chi connectivity index (χ4n) is 4.37. The predicted molar refractivity (Wildman–Crippen MR) is 135 cm³/mol. The third-order valence-electron chi connectivity index (χ3n) is 6.32. The molecule has 3 aromatic rings. The lowest BCUT2D eigenvalue weighted by atomic mass is 9.97. The number of carbonyl (C=O) groups excluding carboxylic acids is 1. The molecule has 1 fully saturated rings. The Hall–Kier alpha value is -2.54. The zero-order chi connectivity index (χ0) is 27.2. The fraction of sp³-hybridized carbons (Fsp3) is 0.391. The van der Waals surface area contributed by atoms with Crippen molar-refractivity contribution in [2.24, 2.45) is 5.16 Å². The van der Waals surface area contributed by atoms with Gasteiger partial charge < -0.3 is 14.3 Å². The summed E-state index contributed by atoms with van der Waals surface area (Å²) in [6.45, 7) is 0.156. The largest absolute Gasteiger partial charge is 0.452 e. The molecule has 1 amide bonds. The van der Waals surface area contributed by atoms with Crippen LogP contribution in [-0.2, 0) is 22.4 Å². The lowest BCUT2D eigenvalue weighted by molar-refractivity contribution is -0.159. The monoisotopic (exact) mass is 608 g/mol. The molecule has 5 rings (SSSR count). The van der Waals surface area contributed by atoms with E-state index in [0.717, 1.165) is 5.01 Å². The summed E-state index contributed by atoms with van der Waals surface area (Å²) in [6.07, 6.45) is -3.61. The van der Waals surface area contributed by atoms with E-state index in [0.29, 0.717) is 75.2 Å². The van der Waals surface area contributed by atoms with Crippen LogP contribution < -0.4 is 5.56 Å². The van der Waals surface area contributed by atoms with Crippen LogP contribution >= 0.6 is 46.1 Å². The van der Waals surface area contributed by atoms with Gasteiger partial charge in [0.05, 0.1) is 26.8 Å². The summed E-state index contributed by atoms with van der Waals surface area (Å²) in [5.74, 6) is -1.83. The number of nitrogens with zero attached hydrogens (tertiary/aromatic N) is 4. The molecule has 8 nitrogen and oxygen atoms in total. The molecule has 1 aromatic carbocycles. The van der Waals surface area contributed by atoms with Gasteiger partial charge in [0, 0.05) is 41.4 Å². The number of piperidine rings is 1. The molecular formula is C23H18Cl3F3N4O4S. The van der Waals surface area contributed by atoms with Crippen molar-refractivity contribution >= 4 is 57.8 Å². The SMILES string of the molecule is O=C(Cn1oc(C(F)(F)F)cc1=O)N1CCC(c2nc(C3=NO[C@H](c4c(Cl)cc(Cl)cc4Cl)C3)cs2)CC1. The number of aromatic nitrogens is 2. The Morgan fingerprint density at radius 1 is 1.13 bits per heavy atom. The fourth-order valence-corrected chi connectivity index (χ4v) is 6.43.